The van der Waals surface area contributed by atoms with Crippen LogP contribution in [0.5, 0.6) is 0 Å². The summed E-state index contributed by atoms with van der Waals surface area (Å²) >= 11 is 6.27. The van der Waals surface area contributed by atoms with Crippen LogP contribution in [0.3, 0.4) is 0 Å². The Labute approximate surface area is 152 Å². The molecule has 1 atom stereocenters. The molecule has 4 nitrogen and oxygen atoms in total. The van der Waals surface area contributed by atoms with Crippen molar-refractivity contribution in [2.45, 2.75) is 31.8 Å². The molecule has 1 aliphatic rings. The van der Waals surface area contributed by atoms with E-state index in [1.165, 1.54) is 0 Å². The average Bonchev–Trinajstić information content (AvgIpc) is 3.22. The minimum atomic E-state index is -1.10. The van der Waals surface area contributed by atoms with Crippen LogP contribution in [0.2, 0.25) is 5.02 Å². The SMILES string of the molecule is CC(C)(O)C#Cc1ccc(C(=O)N2CC[C@H](c3ccccc3Cl)C2)o1. The largest absolute Gasteiger partial charge is 0.443 e. The first kappa shape index (κ1) is 17.6. The van der Waals surface area contributed by atoms with E-state index in [2.05, 4.69) is 11.8 Å². The molecule has 1 fully saturated rings. The van der Waals surface area contributed by atoms with E-state index in [-0.39, 0.29) is 17.6 Å². The summed E-state index contributed by atoms with van der Waals surface area (Å²) in [6.07, 6.45) is 0.877. The van der Waals surface area contributed by atoms with Crippen LogP contribution < -0.4 is 0 Å². The predicted molar refractivity (Wildman–Crippen MR) is 96.6 cm³/mol. The highest BCUT2D eigenvalue weighted by Gasteiger charge is 2.30. The molecule has 25 heavy (non-hydrogen) atoms. The zero-order valence-electron chi connectivity index (χ0n) is 14.3. The maximum absolute atomic E-state index is 12.6. The Balaban J connectivity index is 1.69. The van der Waals surface area contributed by atoms with Crippen LogP contribution in [0.4, 0.5) is 0 Å². The van der Waals surface area contributed by atoms with E-state index in [1.807, 2.05) is 24.3 Å². The van der Waals surface area contributed by atoms with Gasteiger partial charge in [0.25, 0.3) is 5.91 Å². The Morgan fingerprint density at radius 2 is 2.08 bits per heavy atom. The standard InChI is InChI=1S/C20H20ClNO3/c1-20(2,24)11-9-15-7-8-18(25-15)19(23)22-12-10-14(13-22)16-5-3-4-6-17(16)21/h3-8,14,24H,10,12-13H2,1-2H3/t14-/m0/s1. The van der Waals surface area contributed by atoms with Crippen molar-refractivity contribution in [3.63, 3.8) is 0 Å². The van der Waals surface area contributed by atoms with Gasteiger partial charge in [0.1, 0.15) is 5.60 Å². The van der Waals surface area contributed by atoms with Crippen molar-refractivity contribution < 1.29 is 14.3 Å². The second-order valence-corrected chi connectivity index (χ2v) is 7.14. The molecule has 1 aliphatic heterocycles. The fourth-order valence-corrected chi connectivity index (χ4v) is 3.19. The van der Waals surface area contributed by atoms with Crippen LogP contribution in [-0.2, 0) is 0 Å². The maximum Gasteiger partial charge on any atom is 0.289 e. The van der Waals surface area contributed by atoms with Gasteiger partial charge in [0.05, 0.1) is 0 Å². The summed E-state index contributed by atoms with van der Waals surface area (Å²) in [7, 11) is 0. The second-order valence-electron chi connectivity index (χ2n) is 6.73. The number of nitrogens with zero attached hydrogens (tertiary/aromatic N) is 1. The molecule has 3 rings (SSSR count). The molecule has 2 heterocycles. The second kappa shape index (κ2) is 6.95. The summed E-state index contributed by atoms with van der Waals surface area (Å²) in [6, 6.07) is 11.0. The number of hydrogen-bond donors (Lipinski definition) is 1. The molecule has 1 saturated heterocycles. The van der Waals surface area contributed by atoms with Crippen molar-refractivity contribution in [1.29, 1.82) is 0 Å². The highest BCUT2D eigenvalue weighted by Crippen LogP contribution is 2.32. The van der Waals surface area contributed by atoms with Gasteiger partial charge in [0.15, 0.2) is 11.5 Å². The Morgan fingerprint density at radius 1 is 1.32 bits per heavy atom. The molecule has 0 radical (unpaired) electrons. The number of halogens is 1. The van der Waals surface area contributed by atoms with Crippen LogP contribution in [-0.4, -0.2) is 34.6 Å². The fourth-order valence-electron chi connectivity index (χ4n) is 2.90. The third kappa shape index (κ3) is 4.25. The van der Waals surface area contributed by atoms with E-state index in [0.717, 1.165) is 17.0 Å². The number of amides is 1. The Bertz CT molecular complexity index is 838. The zero-order chi connectivity index (χ0) is 18.0. The van der Waals surface area contributed by atoms with Crippen molar-refractivity contribution in [2.75, 3.05) is 13.1 Å². The lowest BCUT2D eigenvalue weighted by Gasteiger charge is -2.15. The van der Waals surface area contributed by atoms with E-state index in [4.69, 9.17) is 16.0 Å². The third-order valence-electron chi connectivity index (χ3n) is 4.13. The number of carbonyl (C=O) groups is 1. The zero-order valence-corrected chi connectivity index (χ0v) is 15.0. The van der Waals surface area contributed by atoms with Gasteiger partial charge in [-0.1, -0.05) is 35.7 Å². The molecule has 1 N–H and O–H groups in total. The van der Waals surface area contributed by atoms with E-state index in [0.29, 0.717) is 18.8 Å². The molecule has 1 amide bonds. The van der Waals surface area contributed by atoms with E-state index in [1.54, 1.807) is 30.9 Å². The smallest absolute Gasteiger partial charge is 0.289 e. The average molecular weight is 358 g/mol. The Morgan fingerprint density at radius 3 is 2.80 bits per heavy atom. The molecule has 0 bridgehead atoms. The summed E-state index contributed by atoms with van der Waals surface area (Å²) in [5, 5.41) is 10.4. The van der Waals surface area contributed by atoms with Crippen molar-refractivity contribution in [3.05, 3.63) is 58.5 Å². The van der Waals surface area contributed by atoms with Crippen molar-refractivity contribution >= 4 is 17.5 Å². The normalized spacial score (nSPS) is 17.3. The van der Waals surface area contributed by atoms with Crippen molar-refractivity contribution in [2.24, 2.45) is 0 Å². The van der Waals surface area contributed by atoms with E-state index < -0.39 is 5.60 Å². The number of rotatable bonds is 2. The number of furan rings is 1. The first-order valence-corrected chi connectivity index (χ1v) is 8.60. The summed E-state index contributed by atoms with van der Waals surface area (Å²) in [5.41, 5.74) is -0.0238. The van der Waals surface area contributed by atoms with E-state index >= 15 is 0 Å². The van der Waals surface area contributed by atoms with Crippen LogP contribution in [0.25, 0.3) is 0 Å². The summed E-state index contributed by atoms with van der Waals surface area (Å²) in [6.45, 7) is 4.47. The lowest BCUT2D eigenvalue weighted by Crippen LogP contribution is -2.28. The molecular formula is C20H20ClNO3. The van der Waals surface area contributed by atoms with Gasteiger partial charge in [-0.3, -0.25) is 4.79 Å². The first-order chi connectivity index (χ1) is 11.8. The molecule has 0 aliphatic carbocycles. The number of aliphatic hydroxyl groups is 1. The maximum atomic E-state index is 12.6. The van der Waals surface area contributed by atoms with Gasteiger partial charge < -0.3 is 14.4 Å². The van der Waals surface area contributed by atoms with Gasteiger partial charge in [-0.2, -0.15) is 0 Å². The van der Waals surface area contributed by atoms with Gasteiger partial charge in [-0.15, -0.1) is 0 Å². The minimum absolute atomic E-state index is 0.147. The van der Waals surface area contributed by atoms with Gasteiger partial charge in [0.2, 0.25) is 0 Å². The van der Waals surface area contributed by atoms with Gasteiger partial charge >= 0.3 is 0 Å². The molecule has 130 valence electrons. The lowest BCUT2D eigenvalue weighted by atomic mass is 9.98. The molecule has 1 aromatic heterocycles. The first-order valence-electron chi connectivity index (χ1n) is 8.22. The van der Waals surface area contributed by atoms with Crippen LogP contribution >= 0.6 is 11.6 Å². The van der Waals surface area contributed by atoms with Crippen molar-refractivity contribution in [1.82, 2.24) is 4.90 Å². The third-order valence-corrected chi connectivity index (χ3v) is 4.47. The molecule has 0 spiro atoms. The topological polar surface area (TPSA) is 53.7 Å². The van der Waals surface area contributed by atoms with Crippen LogP contribution in [0.15, 0.2) is 40.8 Å². The number of benzene rings is 1. The number of likely N-dealkylation sites (tertiary alicyclic amines) is 1. The summed E-state index contributed by atoms with van der Waals surface area (Å²) in [5.74, 6) is 6.13. The Hall–Kier alpha value is -2.22. The van der Waals surface area contributed by atoms with Gasteiger partial charge in [-0.05, 0) is 50.0 Å². The van der Waals surface area contributed by atoms with Gasteiger partial charge in [0, 0.05) is 24.0 Å². The molecular weight excluding hydrogens is 338 g/mol. The molecule has 0 saturated carbocycles. The summed E-state index contributed by atoms with van der Waals surface area (Å²) in [4.78, 5) is 14.4. The minimum Gasteiger partial charge on any atom is -0.443 e. The predicted octanol–water partition coefficient (Wildman–Crippen LogP) is 3.69. The summed E-state index contributed by atoms with van der Waals surface area (Å²) < 4.78 is 5.52. The Kier molecular flexibility index (Phi) is 4.89. The molecule has 0 unspecified atom stereocenters. The molecule has 1 aromatic carbocycles. The number of hydrogen-bond acceptors (Lipinski definition) is 3. The lowest BCUT2D eigenvalue weighted by molar-refractivity contribution is 0.0758. The highest BCUT2D eigenvalue weighted by molar-refractivity contribution is 6.31. The highest BCUT2D eigenvalue weighted by atomic mass is 35.5. The van der Waals surface area contributed by atoms with Gasteiger partial charge in [-0.25, -0.2) is 0 Å². The van der Waals surface area contributed by atoms with Crippen LogP contribution in [0.1, 0.15) is 48.1 Å². The van der Waals surface area contributed by atoms with E-state index in [9.17, 15) is 9.90 Å². The molecule has 2 aromatic rings. The quantitative estimate of drug-likeness (QED) is 0.834. The van der Waals surface area contributed by atoms with Crippen LogP contribution in [0, 0.1) is 11.8 Å². The number of carbonyl (C=O) groups excluding carboxylic acids is 1. The fraction of sp³-hybridized carbons (Fsp3) is 0.350. The monoisotopic (exact) mass is 357 g/mol. The van der Waals surface area contributed by atoms with Crippen molar-refractivity contribution in [3.8, 4) is 11.8 Å². The molecule has 5 heteroatoms.